The number of aliphatic hydroxyl groups excluding tert-OH is 1. The first-order chi connectivity index (χ1) is 21.7. The molecule has 3 aromatic carbocycles. The van der Waals surface area contributed by atoms with Crippen molar-refractivity contribution in [2.45, 2.75) is 56.5 Å². The minimum atomic E-state index is -2.98. The molecular formula is C35H39N5O4Si. The van der Waals surface area contributed by atoms with Crippen molar-refractivity contribution in [2.24, 2.45) is 0 Å². The molecule has 3 N–H and O–H groups in total. The Hall–Kier alpha value is -4.19. The molecule has 6 rings (SSSR count). The maximum atomic E-state index is 12.0. The summed E-state index contributed by atoms with van der Waals surface area (Å²) >= 11 is 0. The van der Waals surface area contributed by atoms with Gasteiger partial charge < -0.3 is 24.7 Å². The number of nitrogens with two attached hydrogens (primary N) is 1. The smallest absolute Gasteiger partial charge is 0.261 e. The van der Waals surface area contributed by atoms with Gasteiger partial charge in [-0.05, 0) is 21.0 Å². The molecule has 5 aromatic rings. The summed E-state index contributed by atoms with van der Waals surface area (Å²) in [6, 6.07) is 30.6. The van der Waals surface area contributed by atoms with E-state index in [2.05, 4.69) is 66.6 Å². The van der Waals surface area contributed by atoms with Crippen molar-refractivity contribution in [2.75, 3.05) is 12.3 Å². The number of rotatable bonds is 10. The zero-order chi connectivity index (χ0) is 31.7. The lowest BCUT2D eigenvalue weighted by molar-refractivity contribution is -0.110. The van der Waals surface area contributed by atoms with Crippen LogP contribution in [-0.2, 0) is 20.5 Å². The highest BCUT2D eigenvalue weighted by Gasteiger charge is 2.58. The summed E-state index contributed by atoms with van der Waals surface area (Å²) < 4.78 is 22.3. The lowest BCUT2D eigenvalue weighted by atomic mass is 9.96. The summed E-state index contributed by atoms with van der Waals surface area (Å²) in [5.41, 5.74) is 6.68. The second-order valence-electron chi connectivity index (χ2n) is 12.4. The van der Waals surface area contributed by atoms with Crippen LogP contribution in [0.5, 0.6) is 0 Å². The van der Waals surface area contributed by atoms with Crippen LogP contribution in [-0.4, -0.2) is 57.4 Å². The predicted octanol–water partition coefficient (Wildman–Crippen LogP) is 4.39. The van der Waals surface area contributed by atoms with Crippen molar-refractivity contribution >= 4 is 35.7 Å². The topological polar surface area (TPSA) is 118 Å². The van der Waals surface area contributed by atoms with E-state index in [9.17, 15) is 5.11 Å². The number of benzene rings is 3. The standard InChI is InChI=1S/C35H39N5O4Si/c1-5-35(22-43-45(34(2,3)4,26-17-11-7-12-18-26)27-19-13-8-14-20-27)30(42-21-25-15-9-6-10-16-25)29(41)33(44-35)40-24-39-28-31(36)37-23-38-32(28)40/h5-20,23-24,29-30,33,41H,1,21-22H2,2-4H3,(H2,36,37,38). The third-order valence-corrected chi connectivity index (χ3v) is 13.6. The maximum Gasteiger partial charge on any atom is 0.261 e. The van der Waals surface area contributed by atoms with Gasteiger partial charge in [-0.3, -0.25) is 4.57 Å². The highest BCUT2D eigenvalue weighted by Crippen LogP contribution is 2.44. The highest BCUT2D eigenvalue weighted by molar-refractivity contribution is 6.99. The van der Waals surface area contributed by atoms with Crippen LogP contribution in [0.4, 0.5) is 5.82 Å². The first kappa shape index (κ1) is 30.8. The third-order valence-electron chi connectivity index (χ3n) is 8.63. The van der Waals surface area contributed by atoms with Gasteiger partial charge in [0.15, 0.2) is 17.7 Å². The molecule has 0 amide bonds. The van der Waals surface area contributed by atoms with Crippen LogP contribution in [0.25, 0.3) is 11.2 Å². The number of fused-ring (bicyclic) bond motifs is 1. The summed E-state index contributed by atoms with van der Waals surface area (Å²) in [5.74, 6) is 0.244. The summed E-state index contributed by atoms with van der Waals surface area (Å²) in [6.07, 6.45) is 1.75. The molecule has 0 spiro atoms. The van der Waals surface area contributed by atoms with Crippen molar-refractivity contribution in [1.29, 1.82) is 0 Å². The molecule has 4 unspecified atom stereocenters. The van der Waals surface area contributed by atoms with Crippen LogP contribution in [0.3, 0.4) is 0 Å². The Labute approximate surface area is 264 Å². The van der Waals surface area contributed by atoms with E-state index in [1.807, 2.05) is 66.7 Å². The lowest BCUT2D eigenvalue weighted by Gasteiger charge is -2.45. The Morgan fingerprint density at radius 3 is 2.13 bits per heavy atom. The number of hydrogen-bond acceptors (Lipinski definition) is 8. The first-order valence-corrected chi connectivity index (χ1v) is 16.9. The van der Waals surface area contributed by atoms with Crippen molar-refractivity contribution in [3.63, 3.8) is 0 Å². The zero-order valence-corrected chi connectivity index (χ0v) is 26.8. The number of anilines is 1. The number of hydrogen-bond donors (Lipinski definition) is 2. The average Bonchev–Trinajstić information content (AvgIpc) is 3.60. The summed E-state index contributed by atoms with van der Waals surface area (Å²) in [4.78, 5) is 12.9. The fourth-order valence-corrected chi connectivity index (χ4v) is 11.0. The fourth-order valence-electron chi connectivity index (χ4n) is 6.40. The van der Waals surface area contributed by atoms with Crippen LogP contribution in [0, 0.1) is 0 Å². The van der Waals surface area contributed by atoms with Crippen LogP contribution >= 0.6 is 0 Å². The average molecular weight is 622 g/mol. The van der Waals surface area contributed by atoms with Crippen LogP contribution in [0.15, 0.2) is 116 Å². The lowest BCUT2D eigenvalue weighted by Crippen LogP contribution is -2.68. The SMILES string of the molecule is C=CC1(CO[Si](c2ccccc2)(c2ccccc2)C(C)(C)C)OC(n2cnc3c(N)ncnc32)C(O)C1OCc1ccccc1. The molecule has 10 heteroatoms. The van der Waals surface area contributed by atoms with E-state index in [0.717, 1.165) is 15.9 Å². The van der Waals surface area contributed by atoms with Gasteiger partial charge in [-0.25, -0.2) is 15.0 Å². The van der Waals surface area contributed by atoms with E-state index < -0.39 is 32.4 Å². The van der Waals surface area contributed by atoms with Crippen molar-refractivity contribution in [3.05, 3.63) is 122 Å². The van der Waals surface area contributed by atoms with Crippen LogP contribution in [0.2, 0.25) is 5.04 Å². The van der Waals surface area contributed by atoms with Gasteiger partial charge in [0.25, 0.3) is 8.32 Å². The monoisotopic (exact) mass is 621 g/mol. The minimum Gasteiger partial charge on any atom is -0.404 e. The fraction of sp³-hybridized carbons (Fsp3) is 0.286. The van der Waals surface area contributed by atoms with Crippen LogP contribution < -0.4 is 16.1 Å². The molecule has 1 fully saturated rings. The third kappa shape index (κ3) is 5.49. The highest BCUT2D eigenvalue weighted by atomic mass is 28.4. The molecule has 45 heavy (non-hydrogen) atoms. The molecule has 9 nitrogen and oxygen atoms in total. The molecule has 3 heterocycles. The summed E-state index contributed by atoms with van der Waals surface area (Å²) in [5, 5.41) is 13.9. The molecule has 0 aliphatic carbocycles. The number of aliphatic hydroxyl groups is 1. The molecule has 2 aromatic heterocycles. The molecule has 0 radical (unpaired) electrons. The Morgan fingerprint density at radius 1 is 0.956 bits per heavy atom. The van der Waals surface area contributed by atoms with E-state index in [0.29, 0.717) is 11.2 Å². The zero-order valence-electron chi connectivity index (χ0n) is 25.8. The van der Waals surface area contributed by atoms with Gasteiger partial charge in [-0.15, -0.1) is 6.58 Å². The van der Waals surface area contributed by atoms with Gasteiger partial charge >= 0.3 is 0 Å². The first-order valence-electron chi connectivity index (χ1n) is 15.0. The van der Waals surface area contributed by atoms with E-state index in [-0.39, 0.29) is 24.1 Å². The van der Waals surface area contributed by atoms with Crippen LogP contribution in [0.1, 0.15) is 32.6 Å². The number of nitrogen functional groups attached to an aromatic ring is 1. The molecule has 1 aliphatic rings. The molecule has 4 atom stereocenters. The quantitative estimate of drug-likeness (QED) is 0.174. The largest absolute Gasteiger partial charge is 0.404 e. The second kappa shape index (κ2) is 12.3. The predicted molar refractivity (Wildman–Crippen MR) is 177 cm³/mol. The molecule has 1 aliphatic heterocycles. The van der Waals surface area contributed by atoms with Crippen molar-refractivity contribution in [1.82, 2.24) is 19.5 Å². The van der Waals surface area contributed by atoms with E-state index >= 15 is 0 Å². The maximum absolute atomic E-state index is 12.0. The van der Waals surface area contributed by atoms with Gasteiger partial charge in [0.1, 0.15) is 29.7 Å². The molecule has 232 valence electrons. The van der Waals surface area contributed by atoms with E-state index in [1.165, 1.54) is 6.33 Å². The Bertz CT molecular complexity index is 1710. The number of imidazole rings is 1. The van der Waals surface area contributed by atoms with E-state index in [1.54, 1.807) is 17.0 Å². The van der Waals surface area contributed by atoms with Gasteiger partial charge in [0.05, 0.1) is 19.5 Å². The number of aromatic nitrogens is 4. The van der Waals surface area contributed by atoms with Crippen molar-refractivity contribution in [3.8, 4) is 0 Å². The molecule has 0 saturated carbocycles. The number of ether oxygens (including phenoxy) is 2. The van der Waals surface area contributed by atoms with Crippen molar-refractivity contribution < 1.29 is 19.0 Å². The van der Waals surface area contributed by atoms with Gasteiger partial charge in [-0.1, -0.05) is 118 Å². The summed E-state index contributed by atoms with van der Waals surface area (Å²) in [6.45, 7) is 11.2. The Kier molecular flexibility index (Phi) is 8.42. The number of nitrogens with zero attached hydrogens (tertiary/aromatic N) is 4. The normalized spacial score (nSPS) is 22.1. The van der Waals surface area contributed by atoms with Gasteiger partial charge in [-0.2, -0.15) is 0 Å². The van der Waals surface area contributed by atoms with E-state index in [4.69, 9.17) is 19.6 Å². The molecule has 0 bridgehead atoms. The molecular weight excluding hydrogens is 583 g/mol. The van der Waals surface area contributed by atoms with Gasteiger partial charge in [0, 0.05) is 0 Å². The second-order valence-corrected chi connectivity index (χ2v) is 16.7. The Morgan fingerprint density at radius 2 is 1.56 bits per heavy atom. The summed E-state index contributed by atoms with van der Waals surface area (Å²) in [7, 11) is -2.98. The van der Waals surface area contributed by atoms with Gasteiger partial charge in [0.2, 0.25) is 0 Å². The molecule has 1 saturated heterocycles. The Balaban J connectivity index is 1.43. The minimum absolute atomic E-state index is 0.0839.